The summed E-state index contributed by atoms with van der Waals surface area (Å²) >= 11 is 0. The summed E-state index contributed by atoms with van der Waals surface area (Å²) in [5, 5.41) is 11.8. The molecular formula is C15H15N5O. The molecule has 0 bridgehead atoms. The van der Waals surface area contributed by atoms with Crippen LogP contribution in [-0.2, 0) is 0 Å². The van der Waals surface area contributed by atoms with Crippen molar-refractivity contribution in [2.45, 2.75) is 6.92 Å². The zero-order chi connectivity index (χ0) is 15.2. The van der Waals surface area contributed by atoms with E-state index in [2.05, 4.69) is 15.3 Å². The molecule has 0 unspecified atom stereocenters. The smallest absolute Gasteiger partial charge is 0.278 e. The minimum atomic E-state index is -0.257. The maximum absolute atomic E-state index is 12.4. The zero-order valence-electron chi connectivity index (χ0n) is 11.9. The summed E-state index contributed by atoms with van der Waals surface area (Å²) in [5.74, 6) is 0.309. The molecule has 0 aliphatic rings. The van der Waals surface area contributed by atoms with E-state index < -0.39 is 0 Å². The summed E-state index contributed by atoms with van der Waals surface area (Å²) in [6.07, 6.45) is 3.01. The van der Waals surface area contributed by atoms with Crippen molar-refractivity contribution in [2.24, 2.45) is 0 Å². The van der Waals surface area contributed by atoms with E-state index in [4.69, 9.17) is 5.26 Å². The zero-order valence-corrected chi connectivity index (χ0v) is 11.9. The highest BCUT2D eigenvalue weighted by Crippen LogP contribution is 2.16. The Morgan fingerprint density at radius 1 is 1.33 bits per heavy atom. The highest BCUT2D eigenvalue weighted by Gasteiger charge is 2.15. The molecule has 1 amide bonds. The number of hydrogen-bond acceptors (Lipinski definition) is 5. The maximum Gasteiger partial charge on any atom is 0.278 e. The van der Waals surface area contributed by atoms with Gasteiger partial charge in [0.2, 0.25) is 0 Å². The van der Waals surface area contributed by atoms with E-state index in [0.717, 1.165) is 0 Å². The topological polar surface area (TPSA) is 81.9 Å². The molecule has 1 aromatic heterocycles. The second-order valence-electron chi connectivity index (χ2n) is 4.34. The number of nitriles is 1. The van der Waals surface area contributed by atoms with Gasteiger partial charge in [-0.3, -0.25) is 9.78 Å². The van der Waals surface area contributed by atoms with Gasteiger partial charge in [0.05, 0.1) is 24.0 Å². The summed E-state index contributed by atoms with van der Waals surface area (Å²) in [6, 6.07) is 8.82. The fraction of sp³-hybridized carbons (Fsp3) is 0.200. The fourth-order valence-corrected chi connectivity index (χ4v) is 1.78. The Labute approximate surface area is 123 Å². The van der Waals surface area contributed by atoms with Crippen LogP contribution in [0.25, 0.3) is 0 Å². The van der Waals surface area contributed by atoms with Crippen molar-refractivity contribution < 1.29 is 4.79 Å². The van der Waals surface area contributed by atoms with E-state index in [1.54, 1.807) is 37.5 Å². The molecule has 0 saturated carbocycles. The number of anilines is 2. The predicted molar refractivity (Wildman–Crippen MR) is 80.1 cm³/mol. The lowest BCUT2D eigenvalue weighted by molar-refractivity contribution is 0.0988. The summed E-state index contributed by atoms with van der Waals surface area (Å²) in [4.78, 5) is 22.1. The predicted octanol–water partition coefficient (Wildman–Crippen LogP) is 2.06. The molecule has 0 saturated heterocycles. The van der Waals surface area contributed by atoms with Gasteiger partial charge in [0.15, 0.2) is 0 Å². The van der Waals surface area contributed by atoms with E-state index in [1.165, 1.54) is 11.1 Å². The first-order valence-corrected chi connectivity index (χ1v) is 6.50. The number of nitrogens with zero attached hydrogens (tertiary/aromatic N) is 4. The Morgan fingerprint density at radius 3 is 2.67 bits per heavy atom. The Morgan fingerprint density at radius 2 is 2.05 bits per heavy atom. The lowest BCUT2D eigenvalue weighted by Crippen LogP contribution is -2.27. The normalized spacial score (nSPS) is 9.76. The van der Waals surface area contributed by atoms with Gasteiger partial charge in [-0.1, -0.05) is 0 Å². The molecule has 0 spiro atoms. The largest absolute Gasteiger partial charge is 0.369 e. The first-order chi connectivity index (χ1) is 10.2. The van der Waals surface area contributed by atoms with E-state index in [1.807, 2.05) is 13.0 Å². The third-order valence-electron chi connectivity index (χ3n) is 2.90. The molecule has 2 rings (SSSR count). The van der Waals surface area contributed by atoms with Crippen LogP contribution in [0.2, 0.25) is 0 Å². The van der Waals surface area contributed by atoms with Crippen LogP contribution in [0.1, 0.15) is 23.0 Å². The third-order valence-corrected chi connectivity index (χ3v) is 2.90. The molecule has 106 valence electrons. The van der Waals surface area contributed by atoms with Gasteiger partial charge >= 0.3 is 0 Å². The lowest BCUT2D eigenvalue weighted by Gasteiger charge is -2.17. The van der Waals surface area contributed by atoms with Crippen molar-refractivity contribution in [3.8, 4) is 6.07 Å². The number of amides is 1. The van der Waals surface area contributed by atoms with Crippen LogP contribution < -0.4 is 10.2 Å². The van der Waals surface area contributed by atoms with Crippen LogP contribution in [0.4, 0.5) is 11.5 Å². The monoisotopic (exact) mass is 281 g/mol. The average molecular weight is 281 g/mol. The van der Waals surface area contributed by atoms with Crippen molar-refractivity contribution in [3.63, 3.8) is 0 Å². The lowest BCUT2D eigenvalue weighted by atomic mass is 10.2. The highest BCUT2D eigenvalue weighted by molar-refractivity contribution is 6.04. The molecule has 2 aromatic rings. The number of nitrogens with one attached hydrogen (secondary N) is 1. The fourth-order valence-electron chi connectivity index (χ4n) is 1.78. The van der Waals surface area contributed by atoms with Gasteiger partial charge < -0.3 is 10.2 Å². The van der Waals surface area contributed by atoms with Gasteiger partial charge in [0, 0.05) is 19.3 Å². The molecule has 0 fully saturated rings. The summed E-state index contributed by atoms with van der Waals surface area (Å²) in [6.45, 7) is 2.65. The standard InChI is InChI=1S/C15H15N5O/c1-3-18-14-10-17-9-13(19-14)15(21)20(2)12-6-4-11(8-16)5-7-12/h4-7,9-10H,3H2,1-2H3,(H,18,19). The quantitative estimate of drug-likeness (QED) is 0.927. The van der Waals surface area contributed by atoms with Crippen LogP contribution in [0, 0.1) is 11.3 Å². The highest BCUT2D eigenvalue weighted by atomic mass is 16.2. The van der Waals surface area contributed by atoms with Crippen molar-refractivity contribution in [1.82, 2.24) is 9.97 Å². The van der Waals surface area contributed by atoms with Crippen molar-refractivity contribution in [3.05, 3.63) is 47.9 Å². The van der Waals surface area contributed by atoms with Crippen LogP contribution in [-0.4, -0.2) is 29.5 Å². The Hall–Kier alpha value is -2.94. The van der Waals surface area contributed by atoms with E-state index in [-0.39, 0.29) is 11.6 Å². The molecular weight excluding hydrogens is 266 g/mol. The summed E-state index contributed by atoms with van der Waals surface area (Å²) in [5.41, 5.74) is 1.50. The van der Waals surface area contributed by atoms with E-state index in [9.17, 15) is 4.79 Å². The van der Waals surface area contributed by atoms with Crippen molar-refractivity contribution >= 4 is 17.4 Å². The molecule has 0 aliphatic carbocycles. The molecule has 1 N–H and O–H groups in total. The molecule has 1 heterocycles. The number of benzene rings is 1. The molecule has 0 radical (unpaired) electrons. The third kappa shape index (κ3) is 3.34. The van der Waals surface area contributed by atoms with Crippen LogP contribution in [0.3, 0.4) is 0 Å². The molecule has 1 aromatic carbocycles. The van der Waals surface area contributed by atoms with E-state index >= 15 is 0 Å². The average Bonchev–Trinajstić information content (AvgIpc) is 2.54. The maximum atomic E-state index is 12.4. The molecule has 0 aliphatic heterocycles. The Balaban J connectivity index is 2.22. The van der Waals surface area contributed by atoms with Gasteiger partial charge in [-0.2, -0.15) is 5.26 Å². The van der Waals surface area contributed by atoms with Gasteiger partial charge in [-0.25, -0.2) is 4.98 Å². The van der Waals surface area contributed by atoms with E-state index in [0.29, 0.717) is 23.6 Å². The molecule has 6 heteroatoms. The molecule has 0 atom stereocenters. The summed E-state index contributed by atoms with van der Waals surface area (Å²) in [7, 11) is 1.66. The van der Waals surface area contributed by atoms with Crippen LogP contribution in [0.15, 0.2) is 36.7 Å². The second-order valence-corrected chi connectivity index (χ2v) is 4.34. The number of carbonyl (C=O) groups is 1. The second kappa shape index (κ2) is 6.48. The van der Waals surface area contributed by atoms with Crippen molar-refractivity contribution in [2.75, 3.05) is 23.8 Å². The molecule has 6 nitrogen and oxygen atoms in total. The first kappa shape index (κ1) is 14.5. The minimum Gasteiger partial charge on any atom is -0.369 e. The Kier molecular flexibility index (Phi) is 4.46. The molecule has 21 heavy (non-hydrogen) atoms. The number of aromatic nitrogens is 2. The minimum absolute atomic E-state index is 0.257. The van der Waals surface area contributed by atoms with Gasteiger partial charge in [-0.15, -0.1) is 0 Å². The number of hydrogen-bond donors (Lipinski definition) is 1. The first-order valence-electron chi connectivity index (χ1n) is 6.50. The van der Waals surface area contributed by atoms with Crippen LogP contribution >= 0.6 is 0 Å². The number of rotatable bonds is 4. The number of carbonyl (C=O) groups excluding carboxylic acids is 1. The van der Waals surface area contributed by atoms with Gasteiger partial charge in [0.1, 0.15) is 11.5 Å². The van der Waals surface area contributed by atoms with Gasteiger partial charge in [-0.05, 0) is 31.2 Å². The Bertz CT molecular complexity index is 675. The van der Waals surface area contributed by atoms with Crippen molar-refractivity contribution in [1.29, 1.82) is 5.26 Å². The van der Waals surface area contributed by atoms with Gasteiger partial charge in [0.25, 0.3) is 5.91 Å². The van der Waals surface area contributed by atoms with Crippen LogP contribution in [0.5, 0.6) is 0 Å². The summed E-state index contributed by atoms with van der Waals surface area (Å²) < 4.78 is 0. The SMILES string of the molecule is CCNc1cncc(C(=O)N(C)c2ccc(C#N)cc2)n1.